The lowest BCUT2D eigenvalue weighted by atomic mass is 9.91. The molecule has 1 aromatic rings. The van der Waals surface area contributed by atoms with Crippen LogP contribution in [0.5, 0.6) is 0 Å². The van der Waals surface area contributed by atoms with Crippen molar-refractivity contribution < 1.29 is 9.90 Å². The molecule has 1 heterocycles. The maximum absolute atomic E-state index is 11.6. The quantitative estimate of drug-likeness (QED) is 0.831. The second-order valence-corrected chi connectivity index (χ2v) is 6.17. The van der Waals surface area contributed by atoms with Crippen LogP contribution in [-0.4, -0.2) is 28.6 Å². The Morgan fingerprint density at radius 3 is 2.67 bits per heavy atom. The van der Waals surface area contributed by atoms with Gasteiger partial charge in [0.2, 0.25) is 0 Å². The molecule has 1 aliphatic heterocycles. The fourth-order valence-electron chi connectivity index (χ4n) is 3.26. The summed E-state index contributed by atoms with van der Waals surface area (Å²) in [5.74, 6) is -0.0769. The molecule has 116 valence electrons. The average molecular weight is 289 g/mol. The predicted molar refractivity (Wildman–Crippen MR) is 85.3 cm³/mol. The number of fused-ring (bicyclic) bond motifs is 1. The number of carboxylic acid groups (broad SMARTS) is 1. The molecule has 21 heavy (non-hydrogen) atoms. The summed E-state index contributed by atoms with van der Waals surface area (Å²) < 4.78 is 0. The van der Waals surface area contributed by atoms with Gasteiger partial charge in [0.15, 0.2) is 0 Å². The van der Waals surface area contributed by atoms with Gasteiger partial charge in [-0.25, -0.2) is 0 Å². The number of aliphatic carboxylic acids is 1. The van der Waals surface area contributed by atoms with Gasteiger partial charge in [-0.1, -0.05) is 57.4 Å². The first-order chi connectivity index (χ1) is 10.2. The predicted octanol–water partition coefficient (Wildman–Crippen LogP) is 3.71. The van der Waals surface area contributed by atoms with Crippen LogP contribution in [0.25, 0.3) is 0 Å². The molecule has 0 aromatic heterocycles. The Bertz CT molecular complexity index is 472. The van der Waals surface area contributed by atoms with E-state index < -0.39 is 5.97 Å². The van der Waals surface area contributed by atoms with Crippen molar-refractivity contribution in [3.63, 3.8) is 0 Å². The number of hydrogen-bond donors (Lipinski definition) is 1. The first-order valence-electron chi connectivity index (χ1n) is 8.19. The lowest BCUT2D eigenvalue weighted by molar-refractivity contribution is -0.144. The van der Waals surface area contributed by atoms with Crippen molar-refractivity contribution in [2.24, 2.45) is 5.92 Å². The van der Waals surface area contributed by atoms with Crippen LogP contribution >= 0.6 is 0 Å². The Balaban J connectivity index is 2.10. The summed E-state index contributed by atoms with van der Waals surface area (Å²) >= 11 is 0. The van der Waals surface area contributed by atoms with E-state index in [1.54, 1.807) is 0 Å². The number of rotatable bonds is 7. The van der Waals surface area contributed by atoms with Crippen molar-refractivity contribution in [2.45, 2.75) is 58.5 Å². The number of nitrogens with zero attached hydrogens (tertiary/aromatic N) is 1. The second-order valence-electron chi connectivity index (χ2n) is 6.17. The van der Waals surface area contributed by atoms with E-state index in [1.165, 1.54) is 30.4 Å². The largest absolute Gasteiger partial charge is 0.480 e. The Morgan fingerprint density at radius 1 is 1.33 bits per heavy atom. The Morgan fingerprint density at radius 2 is 2.05 bits per heavy atom. The topological polar surface area (TPSA) is 40.5 Å². The Kier molecular flexibility index (Phi) is 5.80. The van der Waals surface area contributed by atoms with Crippen LogP contribution in [0.1, 0.15) is 50.7 Å². The minimum Gasteiger partial charge on any atom is -0.480 e. The molecular formula is C18H27NO2. The van der Waals surface area contributed by atoms with Crippen molar-refractivity contribution in [3.8, 4) is 0 Å². The molecule has 1 unspecified atom stereocenters. The maximum Gasteiger partial charge on any atom is 0.321 e. The summed E-state index contributed by atoms with van der Waals surface area (Å²) in [7, 11) is 0. The highest BCUT2D eigenvalue weighted by atomic mass is 16.4. The van der Waals surface area contributed by atoms with Crippen LogP contribution in [0.15, 0.2) is 24.3 Å². The van der Waals surface area contributed by atoms with Crippen LogP contribution in [0.3, 0.4) is 0 Å². The van der Waals surface area contributed by atoms with E-state index in [2.05, 4.69) is 30.9 Å². The van der Waals surface area contributed by atoms with Gasteiger partial charge in [-0.2, -0.15) is 0 Å². The standard InChI is InChI=1S/C18H27NO2/c1-3-5-8-14(4-2)12-19-13-16-10-7-6-9-15(16)11-17(19)18(20)21/h6-7,9-10,14,17H,3-5,8,11-13H2,1-2H3,(H,20,21)/t14?,17-/m0/s1. The molecular weight excluding hydrogens is 262 g/mol. The molecule has 0 saturated heterocycles. The zero-order valence-corrected chi connectivity index (χ0v) is 13.2. The Hall–Kier alpha value is -1.35. The van der Waals surface area contributed by atoms with Crippen molar-refractivity contribution >= 4 is 5.97 Å². The molecule has 3 heteroatoms. The van der Waals surface area contributed by atoms with E-state index in [0.717, 1.165) is 19.5 Å². The number of carbonyl (C=O) groups is 1. The SMILES string of the molecule is CCCCC(CC)CN1Cc2ccccc2C[C@H]1C(=O)O. The zero-order valence-electron chi connectivity index (χ0n) is 13.2. The third-order valence-corrected chi connectivity index (χ3v) is 4.67. The molecule has 1 N–H and O–H groups in total. The molecule has 0 spiro atoms. The molecule has 0 saturated carbocycles. The van der Waals surface area contributed by atoms with Gasteiger partial charge in [0, 0.05) is 13.1 Å². The van der Waals surface area contributed by atoms with Gasteiger partial charge in [-0.3, -0.25) is 9.69 Å². The van der Waals surface area contributed by atoms with E-state index in [0.29, 0.717) is 12.3 Å². The molecule has 0 aliphatic carbocycles. The monoisotopic (exact) mass is 289 g/mol. The molecule has 1 aromatic carbocycles. The van der Waals surface area contributed by atoms with Crippen LogP contribution in [0.2, 0.25) is 0 Å². The molecule has 2 atom stereocenters. The number of carboxylic acids is 1. The highest BCUT2D eigenvalue weighted by Gasteiger charge is 2.32. The van der Waals surface area contributed by atoms with Gasteiger partial charge >= 0.3 is 5.97 Å². The zero-order chi connectivity index (χ0) is 15.2. The molecule has 0 amide bonds. The van der Waals surface area contributed by atoms with Crippen LogP contribution < -0.4 is 0 Å². The third kappa shape index (κ3) is 4.07. The van der Waals surface area contributed by atoms with Crippen LogP contribution in [-0.2, 0) is 17.8 Å². The molecule has 2 rings (SSSR count). The second kappa shape index (κ2) is 7.60. The molecule has 3 nitrogen and oxygen atoms in total. The fourth-order valence-corrected chi connectivity index (χ4v) is 3.26. The van der Waals surface area contributed by atoms with E-state index >= 15 is 0 Å². The summed E-state index contributed by atoms with van der Waals surface area (Å²) in [5.41, 5.74) is 2.49. The van der Waals surface area contributed by atoms with Crippen molar-refractivity contribution in [1.82, 2.24) is 4.90 Å². The third-order valence-electron chi connectivity index (χ3n) is 4.67. The summed E-state index contributed by atoms with van der Waals surface area (Å²) in [6.07, 6.45) is 5.42. The first kappa shape index (κ1) is 16.0. The normalized spacial score (nSPS) is 20.0. The number of benzene rings is 1. The highest BCUT2D eigenvalue weighted by Crippen LogP contribution is 2.26. The van der Waals surface area contributed by atoms with E-state index in [9.17, 15) is 9.90 Å². The maximum atomic E-state index is 11.6. The van der Waals surface area contributed by atoms with Gasteiger partial charge in [0.1, 0.15) is 6.04 Å². The summed E-state index contributed by atoms with van der Waals surface area (Å²) in [5, 5.41) is 9.55. The van der Waals surface area contributed by atoms with Gasteiger partial charge < -0.3 is 5.11 Å². The van der Waals surface area contributed by atoms with E-state index in [1.807, 2.05) is 12.1 Å². The highest BCUT2D eigenvalue weighted by molar-refractivity contribution is 5.74. The van der Waals surface area contributed by atoms with E-state index in [-0.39, 0.29) is 6.04 Å². The minimum atomic E-state index is -0.685. The average Bonchev–Trinajstić information content (AvgIpc) is 2.50. The summed E-state index contributed by atoms with van der Waals surface area (Å²) in [4.78, 5) is 13.8. The molecule has 0 fully saturated rings. The van der Waals surface area contributed by atoms with E-state index in [4.69, 9.17) is 0 Å². The van der Waals surface area contributed by atoms with Gasteiger partial charge in [0.05, 0.1) is 0 Å². The molecule has 1 aliphatic rings. The minimum absolute atomic E-state index is 0.365. The van der Waals surface area contributed by atoms with Crippen LogP contribution in [0, 0.1) is 5.92 Å². The lowest BCUT2D eigenvalue weighted by Gasteiger charge is -2.36. The molecule has 0 radical (unpaired) electrons. The van der Waals surface area contributed by atoms with Crippen molar-refractivity contribution in [3.05, 3.63) is 35.4 Å². The van der Waals surface area contributed by atoms with Crippen LogP contribution in [0.4, 0.5) is 0 Å². The fraction of sp³-hybridized carbons (Fsp3) is 0.611. The van der Waals surface area contributed by atoms with Gasteiger partial charge in [-0.15, -0.1) is 0 Å². The number of hydrogen-bond acceptors (Lipinski definition) is 2. The summed E-state index contributed by atoms with van der Waals surface area (Å²) in [6, 6.07) is 7.89. The Labute approximate surface area is 128 Å². The molecule has 0 bridgehead atoms. The first-order valence-corrected chi connectivity index (χ1v) is 8.19. The summed E-state index contributed by atoms with van der Waals surface area (Å²) in [6.45, 7) is 6.11. The lowest BCUT2D eigenvalue weighted by Crippen LogP contribution is -2.47. The van der Waals surface area contributed by atoms with Gasteiger partial charge in [0.25, 0.3) is 0 Å². The van der Waals surface area contributed by atoms with Crippen molar-refractivity contribution in [2.75, 3.05) is 6.54 Å². The van der Waals surface area contributed by atoms with Gasteiger partial charge in [-0.05, 0) is 29.9 Å². The number of unbranched alkanes of at least 4 members (excludes halogenated alkanes) is 1. The van der Waals surface area contributed by atoms with Crippen molar-refractivity contribution in [1.29, 1.82) is 0 Å². The smallest absolute Gasteiger partial charge is 0.321 e.